The Labute approximate surface area is 106 Å². The van der Waals surface area contributed by atoms with E-state index in [-0.39, 0.29) is 5.82 Å². The topological polar surface area (TPSA) is 23.4 Å². The highest BCUT2D eigenvalue weighted by molar-refractivity contribution is 5.80. The van der Waals surface area contributed by atoms with Crippen molar-refractivity contribution in [1.29, 1.82) is 0 Å². The van der Waals surface area contributed by atoms with Gasteiger partial charge >= 0.3 is 0 Å². The summed E-state index contributed by atoms with van der Waals surface area (Å²) in [4.78, 5) is 0. The molecular formula is C14H18FNO2. The average molecular weight is 251 g/mol. The predicted molar refractivity (Wildman–Crippen MR) is 69.2 cm³/mol. The lowest BCUT2D eigenvalue weighted by Gasteiger charge is -2.06. The van der Waals surface area contributed by atoms with Crippen LogP contribution in [0.2, 0.25) is 0 Å². The van der Waals surface area contributed by atoms with Crippen molar-refractivity contribution in [2.24, 2.45) is 0 Å². The molecule has 0 unspecified atom stereocenters. The van der Waals surface area contributed by atoms with Crippen LogP contribution in [0.3, 0.4) is 0 Å². The number of benzene rings is 1. The lowest BCUT2D eigenvalue weighted by Crippen LogP contribution is -2.05. The molecule has 1 heterocycles. The van der Waals surface area contributed by atoms with E-state index in [9.17, 15) is 4.39 Å². The van der Waals surface area contributed by atoms with Gasteiger partial charge in [0.25, 0.3) is 0 Å². The van der Waals surface area contributed by atoms with Crippen molar-refractivity contribution < 1.29 is 13.9 Å². The molecule has 0 atom stereocenters. The van der Waals surface area contributed by atoms with Crippen molar-refractivity contribution in [1.82, 2.24) is 4.57 Å². The SMILES string of the molecule is COCCOCCCn1ccc2c(F)cccc21. The largest absolute Gasteiger partial charge is 0.382 e. The van der Waals surface area contributed by atoms with Crippen LogP contribution in [0.5, 0.6) is 0 Å². The van der Waals surface area contributed by atoms with E-state index in [2.05, 4.69) is 4.57 Å². The second-order valence-electron chi connectivity index (χ2n) is 4.14. The van der Waals surface area contributed by atoms with Gasteiger partial charge in [-0.15, -0.1) is 0 Å². The van der Waals surface area contributed by atoms with Gasteiger partial charge in [0.15, 0.2) is 0 Å². The number of ether oxygens (including phenoxy) is 2. The maximum Gasteiger partial charge on any atom is 0.132 e. The van der Waals surface area contributed by atoms with E-state index in [0.29, 0.717) is 25.2 Å². The third-order valence-corrected chi connectivity index (χ3v) is 2.88. The first kappa shape index (κ1) is 13.1. The van der Waals surface area contributed by atoms with Crippen molar-refractivity contribution in [3.05, 3.63) is 36.3 Å². The quantitative estimate of drug-likeness (QED) is 0.706. The van der Waals surface area contributed by atoms with Gasteiger partial charge in [0.1, 0.15) is 5.82 Å². The Hall–Kier alpha value is -1.39. The molecule has 1 aromatic heterocycles. The van der Waals surface area contributed by atoms with Gasteiger partial charge in [-0.25, -0.2) is 4.39 Å². The third kappa shape index (κ3) is 3.09. The molecule has 2 rings (SSSR count). The number of hydrogen-bond donors (Lipinski definition) is 0. The summed E-state index contributed by atoms with van der Waals surface area (Å²) in [5, 5.41) is 0.679. The zero-order valence-electron chi connectivity index (χ0n) is 10.6. The molecule has 0 aliphatic rings. The Morgan fingerprint density at radius 1 is 1.17 bits per heavy atom. The lowest BCUT2D eigenvalue weighted by atomic mass is 10.2. The summed E-state index contributed by atoms with van der Waals surface area (Å²) in [6.45, 7) is 2.77. The molecule has 3 nitrogen and oxygen atoms in total. The van der Waals surface area contributed by atoms with Crippen molar-refractivity contribution in [3.8, 4) is 0 Å². The van der Waals surface area contributed by atoms with Crippen molar-refractivity contribution in [2.75, 3.05) is 26.9 Å². The number of halogens is 1. The zero-order valence-corrected chi connectivity index (χ0v) is 10.6. The average Bonchev–Trinajstić information content (AvgIpc) is 2.79. The maximum absolute atomic E-state index is 13.5. The number of fused-ring (bicyclic) bond motifs is 1. The monoisotopic (exact) mass is 251 g/mol. The second kappa shape index (κ2) is 6.52. The summed E-state index contributed by atoms with van der Waals surface area (Å²) >= 11 is 0. The molecule has 4 heteroatoms. The first-order valence-corrected chi connectivity index (χ1v) is 6.13. The molecule has 0 aliphatic heterocycles. The summed E-state index contributed by atoms with van der Waals surface area (Å²) in [7, 11) is 1.66. The van der Waals surface area contributed by atoms with Crippen LogP contribution in [0.25, 0.3) is 10.9 Å². The van der Waals surface area contributed by atoms with Gasteiger partial charge in [-0.1, -0.05) is 6.07 Å². The Morgan fingerprint density at radius 3 is 2.89 bits per heavy atom. The van der Waals surface area contributed by atoms with E-state index < -0.39 is 0 Å². The van der Waals surface area contributed by atoms with Gasteiger partial charge in [0.05, 0.1) is 18.7 Å². The molecule has 0 aliphatic carbocycles. The van der Waals surface area contributed by atoms with E-state index in [1.807, 2.05) is 18.3 Å². The van der Waals surface area contributed by atoms with Crippen LogP contribution in [0.4, 0.5) is 4.39 Å². The fourth-order valence-electron chi connectivity index (χ4n) is 1.96. The summed E-state index contributed by atoms with van der Waals surface area (Å²) in [6.07, 6.45) is 2.83. The van der Waals surface area contributed by atoms with Gasteiger partial charge in [-0.05, 0) is 24.6 Å². The maximum atomic E-state index is 13.5. The standard InChI is InChI=1S/C14H18FNO2/c1-17-10-11-18-9-3-7-16-8-6-12-13(15)4-2-5-14(12)16/h2,4-6,8H,3,7,9-11H2,1H3. The van der Waals surface area contributed by atoms with Crippen molar-refractivity contribution in [2.45, 2.75) is 13.0 Å². The van der Waals surface area contributed by atoms with E-state index in [1.54, 1.807) is 13.2 Å². The highest BCUT2D eigenvalue weighted by Gasteiger charge is 2.04. The zero-order chi connectivity index (χ0) is 12.8. The molecule has 0 saturated carbocycles. The summed E-state index contributed by atoms with van der Waals surface area (Å²) in [5.74, 6) is -0.164. The van der Waals surface area contributed by atoms with Crippen LogP contribution >= 0.6 is 0 Å². The van der Waals surface area contributed by atoms with Gasteiger partial charge in [0, 0.05) is 31.8 Å². The fraction of sp³-hybridized carbons (Fsp3) is 0.429. The van der Waals surface area contributed by atoms with Crippen molar-refractivity contribution in [3.63, 3.8) is 0 Å². The predicted octanol–water partition coefficient (Wildman–Crippen LogP) is 2.83. The van der Waals surface area contributed by atoms with Crippen LogP contribution in [0, 0.1) is 5.82 Å². The van der Waals surface area contributed by atoms with Crippen LogP contribution < -0.4 is 0 Å². The summed E-state index contributed by atoms with van der Waals surface area (Å²) in [5.41, 5.74) is 0.937. The number of rotatable bonds is 7. The molecule has 0 bridgehead atoms. The highest BCUT2D eigenvalue weighted by Crippen LogP contribution is 2.19. The first-order chi connectivity index (χ1) is 8.83. The smallest absolute Gasteiger partial charge is 0.132 e. The molecule has 1 aromatic carbocycles. The minimum Gasteiger partial charge on any atom is -0.382 e. The van der Waals surface area contributed by atoms with Gasteiger partial charge in [0.2, 0.25) is 0 Å². The molecular weight excluding hydrogens is 233 g/mol. The normalized spacial score (nSPS) is 11.2. The molecule has 98 valence electrons. The number of hydrogen-bond acceptors (Lipinski definition) is 2. The minimum absolute atomic E-state index is 0.164. The van der Waals surface area contributed by atoms with Gasteiger partial charge in [-0.3, -0.25) is 0 Å². The van der Waals surface area contributed by atoms with Crippen LogP contribution in [0.1, 0.15) is 6.42 Å². The Balaban J connectivity index is 1.86. The highest BCUT2D eigenvalue weighted by atomic mass is 19.1. The van der Waals surface area contributed by atoms with E-state index in [1.165, 1.54) is 6.07 Å². The van der Waals surface area contributed by atoms with Crippen molar-refractivity contribution >= 4 is 10.9 Å². The van der Waals surface area contributed by atoms with Crippen LogP contribution in [0.15, 0.2) is 30.5 Å². The summed E-state index contributed by atoms with van der Waals surface area (Å²) < 4.78 is 25.8. The molecule has 18 heavy (non-hydrogen) atoms. The van der Waals surface area contributed by atoms with Gasteiger partial charge in [-0.2, -0.15) is 0 Å². The number of methoxy groups -OCH3 is 1. The molecule has 0 N–H and O–H groups in total. The fourth-order valence-corrected chi connectivity index (χ4v) is 1.96. The third-order valence-electron chi connectivity index (χ3n) is 2.88. The second-order valence-corrected chi connectivity index (χ2v) is 4.14. The Kier molecular flexibility index (Phi) is 4.73. The van der Waals surface area contributed by atoms with E-state index >= 15 is 0 Å². The van der Waals surface area contributed by atoms with Crippen LogP contribution in [-0.2, 0) is 16.0 Å². The molecule has 0 saturated heterocycles. The Morgan fingerprint density at radius 2 is 2.06 bits per heavy atom. The lowest BCUT2D eigenvalue weighted by molar-refractivity contribution is 0.0681. The van der Waals surface area contributed by atoms with E-state index in [4.69, 9.17) is 9.47 Å². The number of aryl methyl sites for hydroxylation is 1. The minimum atomic E-state index is -0.164. The molecule has 2 aromatic rings. The number of nitrogens with zero attached hydrogens (tertiary/aromatic N) is 1. The first-order valence-electron chi connectivity index (χ1n) is 6.13. The number of aromatic nitrogens is 1. The van der Waals surface area contributed by atoms with Crippen LogP contribution in [-0.4, -0.2) is 31.5 Å². The molecule has 0 radical (unpaired) electrons. The summed E-state index contributed by atoms with van der Waals surface area (Å²) in [6, 6.07) is 6.98. The van der Waals surface area contributed by atoms with Gasteiger partial charge < -0.3 is 14.0 Å². The molecule has 0 amide bonds. The molecule has 0 fully saturated rings. The molecule has 0 spiro atoms. The van der Waals surface area contributed by atoms with E-state index in [0.717, 1.165) is 18.5 Å². The Bertz CT molecular complexity index is 495.